The minimum atomic E-state index is -0.362. The SMILES string of the molecule is COc1ccc(CCF)nc1. The molecule has 1 aromatic rings. The maximum Gasteiger partial charge on any atom is 0.137 e. The van der Waals surface area contributed by atoms with Crippen molar-refractivity contribution in [2.75, 3.05) is 13.8 Å². The Hall–Kier alpha value is -1.12. The molecule has 2 nitrogen and oxygen atoms in total. The van der Waals surface area contributed by atoms with E-state index in [1.54, 1.807) is 25.4 Å². The van der Waals surface area contributed by atoms with Crippen molar-refractivity contribution in [3.05, 3.63) is 24.0 Å². The molecule has 3 heteroatoms. The van der Waals surface area contributed by atoms with Crippen LogP contribution in [0.15, 0.2) is 18.3 Å². The first-order valence-corrected chi connectivity index (χ1v) is 3.41. The number of ether oxygens (including phenoxy) is 1. The van der Waals surface area contributed by atoms with Crippen LogP contribution in [0.25, 0.3) is 0 Å². The predicted octanol–water partition coefficient (Wildman–Crippen LogP) is 1.60. The molecular weight excluding hydrogens is 145 g/mol. The Kier molecular flexibility index (Phi) is 2.83. The number of halogens is 1. The number of alkyl halides is 1. The smallest absolute Gasteiger partial charge is 0.137 e. The van der Waals surface area contributed by atoms with Gasteiger partial charge in [0.1, 0.15) is 5.75 Å². The predicted molar refractivity (Wildman–Crippen MR) is 40.5 cm³/mol. The zero-order chi connectivity index (χ0) is 8.10. The molecule has 11 heavy (non-hydrogen) atoms. The van der Waals surface area contributed by atoms with Crippen molar-refractivity contribution in [1.82, 2.24) is 4.98 Å². The van der Waals surface area contributed by atoms with E-state index in [-0.39, 0.29) is 6.67 Å². The molecule has 0 N–H and O–H groups in total. The van der Waals surface area contributed by atoms with Gasteiger partial charge in [0.15, 0.2) is 0 Å². The third kappa shape index (κ3) is 2.18. The van der Waals surface area contributed by atoms with Crippen LogP contribution in [0.2, 0.25) is 0 Å². The maximum absolute atomic E-state index is 11.8. The highest BCUT2D eigenvalue weighted by molar-refractivity contribution is 5.19. The molecule has 0 aliphatic heterocycles. The largest absolute Gasteiger partial charge is 0.495 e. The van der Waals surface area contributed by atoms with E-state index in [1.807, 2.05) is 0 Å². The van der Waals surface area contributed by atoms with Crippen molar-refractivity contribution in [3.8, 4) is 5.75 Å². The van der Waals surface area contributed by atoms with Crippen LogP contribution in [0, 0.1) is 0 Å². The van der Waals surface area contributed by atoms with Gasteiger partial charge >= 0.3 is 0 Å². The van der Waals surface area contributed by atoms with Crippen LogP contribution < -0.4 is 4.74 Å². The topological polar surface area (TPSA) is 22.1 Å². The fourth-order valence-corrected chi connectivity index (χ4v) is 0.776. The molecule has 0 radical (unpaired) electrons. The van der Waals surface area contributed by atoms with Gasteiger partial charge in [0.25, 0.3) is 0 Å². The third-order valence-corrected chi connectivity index (χ3v) is 1.38. The summed E-state index contributed by atoms with van der Waals surface area (Å²) in [7, 11) is 1.58. The van der Waals surface area contributed by atoms with Crippen molar-refractivity contribution >= 4 is 0 Å². The summed E-state index contributed by atoms with van der Waals surface area (Å²) in [5, 5.41) is 0. The van der Waals surface area contributed by atoms with Crippen molar-refractivity contribution in [1.29, 1.82) is 0 Å². The van der Waals surface area contributed by atoms with E-state index in [0.717, 1.165) is 5.69 Å². The molecule has 0 spiro atoms. The van der Waals surface area contributed by atoms with E-state index in [0.29, 0.717) is 12.2 Å². The van der Waals surface area contributed by atoms with Gasteiger partial charge in [0.05, 0.1) is 20.0 Å². The maximum atomic E-state index is 11.8. The molecule has 0 bridgehead atoms. The van der Waals surface area contributed by atoms with E-state index in [1.165, 1.54) is 0 Å². The van der Waals surface area contributed by atoms with E-state index in [4.69, 9.17) is 4.74 Å². The quantitative estimate of drug-likeness (QED) is 0.661. The summed E-state index contributed by atoms with van der Waals surface area (Å²) in [5.41, 5.74) is 0.758. The molecule has 0 fully saturated rings. The molecule has 1 aromatic heterocycles. The van der Waals surface area contributed by atoms with Gasteiger partial charge in [-0.2, -0.15) is 0 Å². The van der Waals surface area contributed by atoms with Gasteiger partial charge < -0.3 is 4.74 Å². The normalized spacial score (nSPS) is 9.64. The average molecular weight is 155 g/mol. The first-order valence-electron chi connectivity index (χ1n) is 3.41. The summed E-state index contributed by atoms with van der Waals surface area (Å²) >= 11 is 0. The molecule has 0 unspecified atom stereocenters. The number of aromatic nitrogens is 1. The lowest BCUT2D eigenvalue weighted by molar-refractivity contribution is 0.412. The lowest BCUT2D eigenvalue weighted by Crippen LogP contribution is -1.91. The van der Waals surface area contributed by atoms with Crippen LogP contribution in [0.5, 0.6) is 5.75 Å². The van der Waals surface area contributed by atoms with E-state index < -0.39 is 0 Å². The zero-order valence-corrected chi connectivity index (χ0v) is 6.38. The van der Waals surface area contributed by atoms with Gasteiger partial charge in [-0.1, -0.05) is 0 Å². The molecule has 1 heterocycles. The third-order valence-electron chi connectivity index (χ3n) is 1.38. The molecule has 0 aromatic carbocycles. The number of hydrogen-bond donors (Lipinski definition) is 0. The molecule has 1 rings (SSSR count). The number of rotatable bonds is 3. The summed E-state index contributed by atoms with van der Waals surface area (Å²) in [6, 6.07) is 3.54. The Labute approximate surface area is 65.0 Å². The monoisotopic (exact) mass is 155 g/mol. The highest BCUT2D eigenvalue weighted by Crippen LogP contribution is 2.07. The van der Waals surface area contributed by atoms with Crippen LogP contribution in [-0.2, 0) is 6.42 Å². The number of pyridine rings is 1. The number of nitrogens with zero attached hydrogens (tertiary/aromatic N) is 1. The first kappa shape index (κ1) is 7.98. The molecule has 0 amide bonds. The summed E-state index contributed by atoms with van der Waals surface area (Å²) in [6.07, 6.45) is 1.97. The Morgan fingerprint density at radius 1 is 1.55 bits per heavy atom. The Balaban J connectivity index is 2.66. The van der Waals surface area contributed by atoms with Crippen LogP contribution in [0.3, 0.4) is 0 Å². The van der Waals surface area contributed by atoms with Crippen LogP contribution in [0.1, 0.15) is 5.69 Å². The summed E-state index contributed by atoms with van der Waals surface area (Å²) in [5.74, 6) is 0.701. The standard InChI is InChI=1S/C8H10FNO/c1-11-8-3-2-7(4-5-9)10-6-8/h2-3,6H,4-5H2,1H3. The van der Waals surface area contributed by atoms with Crippen molar-refractivity contribution in [2.24, 2.45) is 0 Å². The van der Waals surface area contributed by atoms with Gasteiger partial charge in [0, 0.05) is 12.1 Å². The lowest BCUT2D eigenvalue weighted by atomic mass is 10.3. The molecule has 0 aliphatic rings. The molecule has 60 valence electrons. The van der Waals surface area contributed by atoms with E-state index in [9.17, 15) is 4.39 Å². The van der Waals surface area contributed by atoms with Gasteiger partial charge in [-0.15, -0.1) is 0 Å². The second-order valence-corrected chi connectivity index (χ2v) is 2.13. The first-order chi connectivity index (χ1) is 5.36. The number of hydrogen-bond acceptors (Lipinski definition) is 2. The number of methoxy groups -OCH3 is 1. The van der Waals surface area contributed by atoms with Crippen LogP contribution >= 0.6 is 0 Å². The Morgan fingerprint density at radius 2 is 2.36 bits per heavy atom. The zero-order valence-electron chi connectivity index (χ0n) is 6.38. The minimum Gasteiger partial charge on any atom is -0.495 e. The molecular formula is C8H10FNO. The fourth-order valence-electron chi connectivity index (χ4n) is 0.776. The molecule has 0 saturated carbocycles. The average Bonchev–Trinajstić information content (AvgIpc) is 2.07. The second kappa shape index (κ2) is 3.91. The van der Waals surface area contributed by atoms with Crippen LogP contribution in [0.4, 0.5) is 4.39 Å². The van der Waals surface area contributed by atoms with E-state index >= 15 is 0 Å². The summed E-state index contributed by atoms with van der Waals surface area (Å²) in [6.45, 7) is -0.362. The number of aryl methyl sites for hydroxylation is 1. The van der Waals surface area contributed by atoms with Gasteiger partial charge in [-0.3, -0.25) is 9.37 Å². The Bertz CT molecular complexity index is 210. The van der Waals surface area contributed by atoms with Gasteiger partial charge in [-0.25, -0.2) is 0 Å². The van der Waals surface area contributed by atoms with E-state index in [2.05, 4.69) is 4.98 Å². The molecule has 0 atom stereocenters. The fraction of sp³-hybridized carbons (Fsp3) is 0.375. The van der Waals surface area contributed by atoms with Crippen molar-refractivity contribution in [3.63, 3.8) is 0 Å². The lowest BCUT2D eigenvalue weighted by Gasteiger charge is -1.99. The van der Waals surface area contributed by atoms with Crippen LogP contribution in [-0.4, -0.2) is 18.8 Å². The molecule has 0 saturated heterocycles. The highest BCUT2D eigenvalue weighted by Gasteiger charge is 1.94. The minimum absolute atomic E-state index is 0.362. The Morgan fingerprint density at radius 3 is 2.82 bits per heavy atom. The summed E-state index contributed by atoms with van der Waals surface area (Å²) in [4.78, 5) is 3.97. The highest BCUT2D eigenvalue weighted by atomic mass is 19.1. The van der Waals surface area contributed by atoms with Crippen molar-refractivity contribution < 1.29 is 9.13 Å². The molecule has 0 aliphatic carbocycles. The summed E-state index contributed by atoms with van der Waals surface area (Å²) < 4.78 is 16.7. The van der Waals surface area contributed by atoms with Gasteiger partial charge in [-0.05, 0) is 12.1 Å². The van der Waals surface area contributed by atoms with Crippen molar-refractivity contribution in [2.45, 2.75) is 6.42 Å². The second-order valence-electron chi connectivity index (χ2n) is 2.13. The van der Waals surface area contributed by atoms with Gasteiger partial charge in [0.2, 0.25) is 0 Å².